The van der Waals surface area contributed by atoms with E-state index in [1.165, 1.54) is 44.9 Å². The number of rotatable bonds is 10. The fourth-order valence-electron chi connectivity index (χ4n) is 7.50. The van der Waals surface area contributed by atoms with E-state index in [0.29, 0.717) is 0 Å². The quantitative estimate of drug-likeness (QED) is 0.327. The standard InChI is InChI=1S/C28H52/c1-3-5-6-7-8-11-24-12-9-13-28(22-24)27-20-18-26(19-21-27)25-16-14-23(10-4-2)15-17-25/h23-28H,3-22H2,1-2H3/t23-,24-,25-,26?,27?,28+/m0/s1. The Labute approximate surface area is 178 Å². The molecule has 0 aliphatic heterocycles. The summed E-state index contributed by atoms with van der Waals surface area (Å²) in [4.78, 5) is 0. The van der Waals surface area contributed by atoms with Gasteiger partial charge in [0.05, 0.1) is 0 Å². The van der Waals surface area contributed by atoms with E-state index in [-0.39, 0.29) is 0 Å². The molecule has 0 aromatic rings. The molecule has 0 amide bonds. The molecule has 0 N–H and O–H groups in total. The second-order valence-electron chi connectivity index (χ2n) is 11.2. The Kier molecular flexibility index (Phi) is 10.2. The van der Waals surface area contributed by atoms with E-state index in [0.717, 1.165) is 35.5 Å². The summed E-state index contributed by atoms with van der Waals surface area (Å²) in [5.74, 6) is 6.60. The average Bonchev–Trinajstić information content (AvgIpc) is 2.75. The molecule has 0 heteroatoms. The van der Waals surface area contributed by atoms with Crippen LogP contribution in [-0.4, -0.2) is 0 Å². The highest BCUT2D eigenvalue weighted by Crippen LogP contribution is 2.46. The zero-order valence-electron chi connectivity index (χ0n) is 19.6. The van der Waals surface area contributed by atoms with E-state index in [1.54, 1.807) is 83.5 Å². The molecule has 3 saturated carbocycles. The predicted octanol–water partition coefficient (Wildman–Crippen LogP) is 9.57. The van der Waals surface area contributed by atoms with Gasteiger partial charge in [0.2, 0.25) is 0 Å². The molecule has 0 spiro atoms. The van der Waals surface area contributed by atoms with Crippen molar-refractivity contribution in [2.45, 2.75) is 142 Å². The lowest BCUT2D eigenvalue weighted by Crippen LogP contribution is -2.30. The molecule has 0 heterocycles. The molecule has 0 nitrogen and oxygen atoms in total. The molecule has 0 unspecified atom stereocenters. The first-order chi connectivity index (χ1) is 13.8. The van der Waals surface area contributed by atoms with Crippen LogP contribution in [0.1, 0.15) is 142 Å². The Morgan fingerprint density at radius 2 is 1.07 bits per heavy atom. The van der Waals surface area contributed by atoms with Gasteiger partial charge >= 0.3 is 0 Å². The highest BCUT2D eigenvalue weighted by atomic mass is 14.4. The first-order valence-electron chi connectivity index (χ1n) is 13.8. The van der Waals surface area contributed by atoms with Crippen molar-refractivity contribution >= 4 is 0 Å². The number of hydrogen-bond acceptors (Lipinski definition) is 0. The van der Waals surface area contributed by atoms with Crippen molar-refractivity contribution < 1.29 is 0 Å². The highest BCUT2D eigenvalue weighted by Gasteiger charge is 2.34. The summed E-state index contributed by atoms with van der Waals surface area (Å²) < 4.78 is 0. The van der Waals surface area contributed by atoms with E-state index in [2.05, 4.69) is 13.8 Å². The van der Waals surface area contributed by atoms with Gasteiger partial charge in [-0.25, -0.2) is 0 Å². The van der Waals surface area contributed by atoms with Crippen LogP contribution >= 0.6 is 0 Å². The Morgan fingerprint density at radius 3 is 1.71 bits per heavy atom. The molecule has 0 bridgehead atoms. The number of unbranched alkanes of at least 4 members (excludes halogenated alkanes) is 4. The van der Waals surface area contributed by atoms with Crippen LogP contribution in [0.2, 0.25) is 0 Å². The summed E-state index contributed by atoms with van der Waals surface area (Å²) in [5, 5.41) is 0. The summed E-state index contributed by atoms with van der Waals surface area (Å²) in [5.41, 5.74) is 0. The van der Waals surface area contributed by atoms with Crippen LogP contribution in [0, 0.1) is 35.5 Å². The molecule has 3 aliphatic carbocycles. The van der Waals surface area contributed by atoms with Crippen molar-refractivity contribution in [3.8, 4) is 0 Å². The average molecular weight is 389 g/mol. The molecule has 0 aromatic carbocycles. The Hall–Kier alpha value is 0. The molecular formula is C28H52. The molecule has 0 saturated heterocycles. The smallest absolute Gasteiger partial charge is 0.0383 e. The van der Waals surface area contributed by atoms with Crippen molar-refractivity contribution in [1.82, 2.24) is 0 Å². The lowest BCUT2D eigenvalue weighted by molar-refractivity contribution is 0.0982. The van der Waals surface area contributed by atoms with E-state index >= 15 is 0 Å². The minimum Gasteiger partial charge on any atom is -0.0654 e. The van der Waals surface area contributed by atoms with Crippen LogP contribution < -0.4 is 0 Å². The molecule has 164 valence electrons. The summed E-state index contributed by atoms with van der Waals surface area (Å²) in [7, 11) is 0. The second-order valence-corrected chi connectivity index (χ2v) is 11.2. The second kappa shape index (κ2) is 12.6. The SMILES string of the molecule is CCCCCCC[C@H]1CCC[C@@H](C2CCC([C@H]3CC[C@H](CCC)CC3)CC2)C1. The summed E-state index contributed by atoms with van der Waals surface area (Å²) in [6.45, 7) is 4.70. The maximum atomic E-state index is 2.37. The van der Waals surface area contributed by atoms with Crippen LogP contribution in [0.25, 0.3) is 0 Å². The zero-order chi connectivity index (χ0) is 19.6. The van der Waals surface area contributed by atoms with Gasteiger partial charge in [-0.15, -0.1) is 0 Å². The van der Waals surface area contributed by atoms with E-state index in [9.17, 15) is 0 Å². The minimum atomic E-state index is 1.08. The number of hydrogen-bond donors (Lipinski definition) is 0. The Balaban J connectivity index is 1.33. The van der Waals surface area contributed by atoms with E-state index in [4.69, 9.17) is 0 Å². The van der Waals surface area contributed by atoms with Gasteiger partial charge in [0, 0.05) is 0 Å². The topological polar surface area (TPSA) is 0 Å². The lowest BCUT2D eigenvalue weighted by atomic mass is 9.64. The van der Waals surface area contributed by atoms with Gasteiger partial charge in [0.25, 0.3) is 0 Å². The van der Waals surface area contributed by atoms with Gasteiger partial charge in [0.15, 0.2) is 0 Å². The maximum Gasteiger partial charge on any atom is -0.0383 e. The largest absolute Gasteiger partial charge is 0.0654 e. The summed E-state index contributed by atoms with van der Waals surface area (Å²) in [6, 6.07) is 0. The fourth-order valence-corrected chi connectivity index (χ4v) is 7.50. The van der Waals surface area contributed by atoms with Crippen molar-refractivity contribution in [3.63, 3.8) is 0 Å². The molecule has 2 atom stereocenters. The van der Waals surface area contributed by atoms with Crippen LogP contribution in [0.4, 0.5) is 0 Å². The van der Waals surface area contributed by atoms with Crippen molar-refractivity contribution in [2.75, 3.05) is 0 Å². The lowest BCUT2D eigenvalue weighted by Gasteiger charge is -2.41. The van der Waals surface area contributed by atoms with Crippen LogP contribution in [0.15, 0.2) is 0 Å². The monoisotopic (exact) mass is 388 g/mol. The van der Waals surface area contributed by atoms with Crippen LogP contribution in [0.3, 0.4) is 0 Å². The zero-order valence-corrected chi connectivity index (χ0v) is 19.6. The molecular weight excluding hydrogens is 336 g/mol. The Bertz CT molecular complexity index is 383. The van der Waals surface area contributed by atoms with Gasteiger partial charge in [-0.05, 0) is 80.5 Å². The van der Waals surface area contributed by atoms with Crippen molar-refractivity contribution in [3.05, 3.63) is 0 Å². The third-order valence-electron chi connectivity index (χ3n) is 9.28. The highest BCUT2D eigenvalue weighted by molar-refractivity contribution is 4.86. The first kappa shape index (κ1) is 22.7. The first-order valence-corrected chi connectivity index (χ1v) is 13.8. The van der Waals surface area contributed by atoms with Gasteiger partial charge in [-0.2, -0.15) is 0 Å². The van der Waals surface area contributed by atoms with Gasteiger partial charge in [-0.1, -0.05) is 97.3 Å². The van der Waals surface area contributed by atoms with Crippen molar-refractivity contribution in [1.29, 1.82) is 0 Å². The summed E-state index contributed by atoms with van der Waals surface area (Å²) >= 11 is 0. The summed E-state index contributed by atoms with van der Waals surface area (Å²) in [6.07, 6.45) is 30.7. The molecule has 0 radical (unpaired) electrons. The van der Waals surface area contributed by atoms with E-state index in [1.807, 2.05) is 0 Å². The minimum absolute atomic E-state index is 1.08. The normalized spacial score (nSPS) is 37.1. The third-order valence-corrected chi connectivity index (χ3v) is 9.28. The third kappa shape index (κ3) is 7.05. The molecule has 3 rings (SSSR count). The van der Waals surface area contributed by atoms with Crippen LogP contribution in [-0.2, 0) is 0 Å². The molecule has 0 aromatic heterocycles. The van der Waals surface area contributed by atoms with Gasteiger partial charge in [-0.3, -0.25) is 0 Å². The molecule has 3 fully saturated rings. The van der Waals surface area contributed by atoms with Crippen molar-refractivity contribution in [2.24, 2.45) is 35.5 Å². The van der Waals surface area contributed by atoms with Crippen LogP contribution in [0.5, 0.6) is 0 Å². The fraction of sp³-hybridized carbons (Fsp3) is 1.00. The Morgan fingerprint density at radius 1 is 0.464 bits per heavy atom. The molecule has 28 heavy (non-hydrogen) atoms. The predicted molar refractivity (Wildman–Crippen MR) is 125 cm³/mol. The van der Waals surface area contributed by atoms with Gasteiger partial charge in [0.1, 0.15) is 0 Å². The molecule has 3 aliphatic rings. The maximum absolute atomic E-state index is 2.37. The van der Waals surface area contributed by atoms with E-state index < -0.39 is 0 Å². The van der Waals surface area contributed by atoms with Gasteiger partial charge < -0.3 is 0 Å².